The molecule has 19 heavy (non-hydrogen) atoms. The van der Waals surface area contributed by atoms with E-state index in [1.165, 1.54) is 17.1 Å². The minimum absolute atomic E-state index is 0.246. The van der Waals surface area contributed by atoms with Gasteiger partial charge in [0, 0.05) is 0 Å². The van der Waals surface area contributed by atoms with Gasteiger partial charge in [-0.15, -0.1) is 0 Å². The van der Waals surface area contributed by atoms with Gasteiger partial charge < -0.3 is 39.6 Å². The van der Waals surface area contributed by atoms with Crippen molar-refractivity contribution in [3.8, 4) is 0 Å². The summed E-state index contributed by atoms with van der Waals surface area (Å²) in [5, 5.41) is 19.5. The zero-order valence-electron chi connectivity index (χ0n) is 9.58. The van der Waals surface area contributed by atoms with E-state index in [0.29, 0.717) is 0 Å². The number of nitrogens with zero attached hydrogens (tertiary/aromatic N) is 1. The summed E-state index contributed by atoms with van der Waals surface area (Å²) in [6.07, 6.45) is -2.06. The lowest BCUT2D eigenvalue weighted by molar-refractivity contribution is -0.752. The highest BCUT2D eigenvalue weighted by atomic mass is 31.2. The van der Waals surface area contributed by atoms with Crippen molar-refractivity contribution in [2.45, 2.75) is 24.5 Å². The summed E-state index contributed by atoms with van der Waals surface area (Å²) < 4.78 is 21.0. The van der Waals surface area contributed by atoms with Gasteiger partial charge in [0.15, 0.2) is 6.33 Å². The predicted molar refractivity (Wildman–Crippen MR) is 54.9 cm³/mol. The van der Waals surface area contributed by atoms with E-state index in [0.717, 1.165) is 0 Å². The molecule has 4 atom stereocenters. The molecule has 1 aromatic rings. The number of nitrogen functional groups attached to an aromatic ring is 1. The molecule has 0 spiro atoms. The molecule has 0 aromatic carbocycles. The highest BCUT2D eigenvalue weighted by Crippen LogP contribution is 2.31. The molecule has 2 rings (SSSR count). The van der Waals surface area contributed by atoms with E-state index in [-0.39, 0.29) is 5.82 Å². The largest absolute Gasteiger partial charge is 0.790 e. The summed E-state index contributed by atoms with van der Waals surface area (Å²) in [7, 11) is -5.16. The fraction of sp³-hybridized carbons (Fsp3) is 0.625. The molecule has 1 aliphatic heterocycles. The van der Waals surface area contributed by atoms with Crippen LogP contribution in [0.25, 0.3) is 0 Å². The van der Waals surface area contributed by atoms with Crippen LogP contribution in [0, 0.1) is 0 Å². The third kappa shape index (κ3) is 3.12. The SMILES string of the molecule is Nc1c[nH]c[n+]1C1O[C@H](COP(=O)([O-])[O-])[C@@H](O)[C@H]1O. The van der Waals surface area contributed by atoms with Gasteiger partial charge in [0.25, 0.3) is 5.82 Å². The van der Waals surface area contributed by atoms with Gasteiger partial charge >= 0.3 is 0 Å². The van der Waals surface area contributed by atoms with Gasteiger partial charge in [-0.05, 0) is 0 Å². The van der Waals surface area contributed by atoms with Crippen molar-refractivity contribution >= 4 is 13.6 Å². The Morgan fingerprint density at radius 2 is 2.21 bits per heavy atom. The molecule has 1 fully saturated rings. The van der Waals surface area contributed by atoms with Crippen molar-refractivity contribution in [3.05, 3.63) is 12.5 Å². The normalized spacial score (nSPS) is 31.8. The number of phosphoric ester groups is 1. The lowest BCUT2D eigenvalue weighted by atomic mass is 10.1. The van der Waals surface area contributed by atoms with Crippen molar-refractivity contribution in [2.24, 2.45) is 0 Å². The number of hydrogen-bond donors (Lipinski definition) is 4. The van der Waals surface area contributed by atoms with E-state index in [9.17, 15) is 24.6 Å². The van der Waals surface area contributed by atoms with Crippen LogP contribution in [0.4, 0.5) is 5.82 Å². The lowest BCUT2D eigenvalue weighted by Crippen LogP contribution is -2.46. The van der Waals surface area contributed by atoms with E-state index in [1.54, 1.807) is 0 Å². The van der Waals surface area contributed by atoms with Gasteiger partial charge in [-0.3, -0.25) is 4.98 Å². The average molecular weight is 294 g/mol. The summed E-state index contributed by atoms with van der Waals surface area (Å²) >= 11 is 0. The highest BCUT2D eigenvalue weighted by molar-refractivity contribution is 7.43. The van der Waals surface area contributed by atoms with Crippen molar-refractivity contribution in [3.63, 3.8) is 0 Å². The van der Waals surface area contributed by atoms with Crippen LogP contribution >= 0.6 is 7.82 Å². The summed E-state index contributed by atoms with van der Waals surface area (Å²) in [6.45, 7) is -0.677. The number of H-pyrrole nitrogens is 1. The van der Waals surface area contributed by atoms with Gasteiger partial charge in [0.1, 0.15) is 24.5 Å². The number of imidazole rings is 1. The number of anilines is 1. The standard InChI is InChI=1S/C8H14N3O7P/c9-5-1-10-3-11(5)8-7(13)6(12)4(18-8)2-17-19(14,15)16/h1,3-4,6-8,12-13H,2,9H2,(H2,14,15,16)/p-1/t4-,6-,7-,8?/m1/s1. The Morgan fingerprint density at radius 1 is 1.53 bits per heavy atom. The summed E-state index contributed by atoms with van der Waals surface area (Å²) in [4.78, 5) is 23.4. The Hall–Kier alpha value is -1.00. The molecule has 1 saturated heterocycles. The maximum absolute atomic E-state index is 10.4. The van der Waals surface area contributed by atoms with Crippen LogP contribution in [0.3, 0.4) is 0 Å². The van der Waals surface area contributed by atoms with Crippen LogP contribution in [0.5, 0.6) is 0 Å². The summed E-state index contributed by atoms with van der Waals surface area (Å²) in [6, 6.07) is 0. The van der Waals surface area contributed by atoms with Gasteiger partial charge in [-0.1, -0.05) is 0 Å². The summed E-state index contributed by atoms with van der Waals surface area (Å²) in [5.41, 5.74) is 5.60. The second-order valence-electron chi connectivity index (χ2n) is 4.06. The first-order valence-electron chi connectivity index (χ1n) is 5.31. The van der Waals surface area contributed by atoms with Crippen molar-refractivity contribution in [1.29, 1.82) is 0 Å². The third-order valence-electron chi connectivity index (χ3n) is 2.75. The Kier molecular flexibility index (Phi) is 3.92. The number of aromatic amines is 1. The second kappa shape index (κ2) is 5.17. The Balaban J connectivity index is 2.07. The average Bonchev–Trinajstić information content (AvgIpc) is 2.83. The molecule has 0 saturated carbocycles. The number of nitrogens with two attached hydrogens (primary N) is 1. The number of phosphoric acid groups is 1. The highest BCUT2D eigenvalue weighted by Gasteiger charge is 2.46. The number of rotatable bonds is 4. The van der Waals surface area contributed by atoms with Crippen LogP contribution in [0.2, 0.25) is 0 Å². The molecule has 5 N–H and O–H groups in total. The molecule has 1 aliphatic rings. The Labute approximate surface area is 107 Å². The molecule has 1 unspecified atom stereocenters. The van der Waals surface area contributed by atoms with Crippen molar-refractivity contribution in [2.75, 3.05) is 12.3 Å². The minimum atomic E-state index is -5.16. The molecule has 11 heteroatoms. The van der Waals surface area contributed by atoms with Crippen LogP contribution < -0.4 is 20.1 Å². The van der Waals surface area contributed by atoms with Crippen LogP contribution in [-0.4, -0.2) is 40.1 Å². The number of aliphatic hydroxyl groups excluding tert-OH is 2. The van der Waals surface area contributed by atoms with E-state index in [4.69, 9.17) is 10.5 Å². The van der Waals surface area contributed by atoms with Crippen LogP contribution in [0.1, 0.15) is 6.23 Å². The molecule has 0 aliphatic carbocycles. The van der Waals surface area contributed by atoms with Crippen LogP contribution in [0.15, 0.2) is 12.5 Å². The Bertz CT molecular complexity index is 488. The first-order valence-corrected chi connectivity index (χ1v) is 6.77. The van der Waals surface area contributed by atoms with Gasteiger partial charge in [0.2, 0.25) is 6.23 Å². The third-order valence-corrected chi connectivity index (χ3v) is 3.22. The Morgan fingerprint density at radius 3 is 2.74 bits per heavy atom. The zero-order chi connectivity index (χ0) is 14.2. The monoisotopic (exact) mass is 294 g/mol. The van der Waals surface area contributed by atoms with Gasteiger partial charge in [-0.25, -0.2) is 4.57 Å². The maximum Gasteiger partial charge on any atom is 0.253 e. The van der Waals surface area contributed by atoms with Crippen molar-refractivity contribution in [1.82, 2.24) is 4.98 Å². The van der Waals surface area contributed by atoms with Gasteiger partial charge in [-0.2, -0.15) is 0 Å². The first-order chi connectivity index (χ1) is 8.79. The molecule has 108 valence electrons. The quantitative estimate of drug-likeness (QED) is 0.325. The zero-order valence-corrected chi connectivity index (χ0v) is 10.5. The molecule has 1 aromatic heterocycles. The fourth-order valence-corrected chi connectivity index (χ4v) is 2.16. The number of nitrogens with one attached hydrogen (secondary N) is 1. The number of hydrogen-bond acceptors (Lipinski definition) is 8. The molecule has 10 nitrogen and oxygen atoms in total. The number of aliphatic hydroxyl groups is 2. The topological polar surface area (TPSA) is 168 Å². The maximum atomic E-state index is 10.4. The molecule has 0 amide bonds. The smallest absolute Gasteiger partial charge is 0.253 e. The van der Waals surface area contributed by atoms with Crippen LogP contribution in [-0.2, 0) is 13.8 Å². The lowest BCUT2D eigenvalue weighted by Gasteiger charge is -2.30. The molecular formula is C8H13N3O7P-. The van der Waals surface area contributed by atoms with E-state index in [1.807, 2.05) is 0 Å². The molecule has 0 bridgehead atoms. The molecule has 2 heterocycles. The van der Waals surface area contributed by atoms with Gasteiger partial charge in [0.05, 0.1) is 14.4 Å². The second-order valence-corrected chi connectivity index (χ2v) is 5.21. The van der Waals surface area contributed by atoms with Crippen molar-refractivity contribution < 1.29 is 38.4 Å². The predicted octanol–water partition coefficient (Wildman–Crippen LogP) is -3.65. The first kappa shape index (κ1) is 14.4. The fourth-order valence-electron chi connectivity index (χ4n) is 1.83. The van der Waals surface area contributed by atoms with E-state index < -0.39 is 39.0 Å². The molecular weight excluding hydrogens is 281 g/mol. The summed E-state index contributed by atoms with van der Waals surface area (Å²) in [5.74, 6) is 0.246. The van der Waals surface area contributed by atoms with E-state index in [2.05, 4.69) is 9.51 Å². The minimum Gasteiger partial charge on any atom is -0.790 e. The van der Waals surface area contributed by atoms with E-state index >= 15 is 0 Å². The number of aromatic nitrogens is 2. The molecule has 0 radical (unpaired) electrons. The number of ether oxygens (including phenoxy) is 1.